The van der Waals surface area contributed by atoms with E-state index in [0.717, 1.165) is 21.1 Å². The zero-order valence-corrected chi connectivity index (χ0v) is 23.3. The molecule has 0 amide bonds. The number of rotatable bonds is 11. The number of carbonyl (C=O) groups excluding carboxylic acids is 1. The predicted molar refractivity (Wildman–Crippen MR) is 159 cm³/mol. The number of nitrogens with zero attached hydrogens (tertiary/aromatic N) is 1. The van der Waals surface area contributed by atoms with Gasteiger partial charge in [0.15, 0.2) is 11.4 Å². The number of carbonyl (C=O) groups is 2. The van der Waals surface area contributed by atoms with Crippen molar-refractivity contribution in [2.45, 2.75) is 25.4 Å². The largest absolute Gasteiger partial charge is 0.493 e. The van der Waals surface area contributed by atoms with Crippen molar-refractivity contribution in [1.29, 1.82) is 0 Å². The van der Waals surface area contributed by atoms with Gasteiger partial charge in [-0.1, -0.05) is 97.1 Å². The topological polar surface area (TPSA) is 96.7 Å². The molecule has 1 atom stereocenters. The fourth-order valence-corrected chi connectivity index (χ4v) is 5.67. The van der Waals surface area contributed by atoms with E-state index in [-0.39, 0.29) is 23.3 Å². The maximum absolute atomic E-state index is 13.2. The summed E-state index contributed by atoms with van der Waals surface area (Å²) < 4.78 is 5.94. The summed E-state index contributed by atoms with van der Waals surface area (Å²) in [7, 11) is 0. The highest BCUT2D eigenvalue weighted by Gasteiger charge is 2.41. The van der Waals surface area contributed by atoms with Gasteiger partial charge in [-0.05, 0) is 24.6 Å². The molecule has 206 valence electrons. The molecular formula is C34H29NO5S. The van der Waals surface area contributed by atoms with Crippen LogP contribution in [0.2, 0.25) is 0 Å². The van der Waals surface area contributed by atoms with E-state index >= 15 is 0 Å². The van der Waals surface area contributed by atoms with Crippen LogP contribution in [0, 0.1) is 6.92 Å². The highest BCUT2D eigenvalue weighted by Crippen LogP contribution is 2.32. The van der Waals surface area contributed by atoms with Gasteiger partial charge >= 0.3 is 5.97 Å². The van der Waals surface area contributed by atoms with Gasteiger partial charge in [0.1, 0.15) is 10.8 Å². The number of aliphatic carboxylic acids is 1. The number of hydrogen-bond acceptors (Lipinski definition) is 6. The third kappa shape index (κ3) is 6.27. The van der Waals surface area contributed by atoms with Crippen LogP contribution in [0.3, 0.4) is 0 Å². The van der Waals surface area contributed by atoms with Crippen LogP contribution in [0.5, 0.6) is 5.75 Å². The van der Waals surface area contributed by atoms with Crippen molar-refractivity contribution < 1.29 is 24.5 Å². The molecule has 1 heterocycles. The van der Waals surface area contributed by atoms with Crippen molar-refractivity contribution in [3.8, 4) is 16.3 Å². The molecule has 5 aromatic rings. The molecule has 0 bridgehead atoms. The Labute approximate surface area is 242 Å². The summed E-state index contributed by atoms with van der Waals surface area (Å²) in [4.78, 5) is 31.6. The molecule has 41 heavy (non-hydrogen) atoms. The van der Waals surface area contributed by atoms with Crippen LogP contribution in [0.1, 0.15) is 37.6 Å². The SMILES string of the molecule is Cc1sc(-c2ccccc2)nc1CCOc1ccc(C[C@@](O)(C(=O)O)c2ccccc2C(=O)c2ccccc2)cc1. The summed E-state index contributed by atoms with van der Waals surface area (Å²) in [5, 5.41) is 22.5. The first-order valence-corrected chi connectivity index (χ1v) is 14.1. The van der Waals surface area contributed by atoms with Crippen LogP contribution in [0.4, 0.5) is 0 Å². The van der Waals surface area contributed by atoms with Gasteiger partial charge in [0, 0.05) is 40.0 Å². The van der Waals surface area contributed by atoms with Crippen LogP contribution in [-0.4, -0.2) is 33.6 Å². The number of carboxylic acid groups (broad SMARTS) is 1. The number of thiazole rings is 1. The van der Waals surface area contributed by atoms with Crippen molar-refractivity contribution in [1.82, 2.24) is 4.98 Å². The van der Waals surface area contributed by atoms with E-state index in [2.05, 4.69) is 6.92 Å². The molecule has 0 aliphatic heterocycles. The number of aromatic nitrogens is 1. The maximum Gasteiger partial charge on any atom is 0.340 e. The van der Waals surface area contributed by atoms with Crippen LogP contribution in [-0.2, 0) is 23.2 Å². The molecule has 0 saturated heterocycles. The fourth-order valence-electron chi connectivity index (χ4n) is 4.70. The van der Waals surface area contributed by atoms with Gasteiger partial charge in [-0.3, -0.25) is 4.79 Å². The first kappa shape index (κ1) is 28.0. The van der Waals surface area contributed by atoms with Crippen LogP contribution >= 0.6 is 11.3 Å². The van der Waals surface area contributed by atoms with Gasteiger partial charge in [-0.15, -0.1) is 11.3 Å². The second-order valence-corrected chi connectivity index (χ2v) is 10.9. The third-order valence-electron chi connectivity index (χ3n) is 6.91. The molecule has 0 saturated carbocycles. The molecule has 0 spiro atoms. The molecule has 0 radical (unpaired) electrons. The van der Waals surface area contributed by atoms with E-state index in [1.165, 1.54) is 6.07 Å². The Kier molecular flexibility index (Phi) is 8.38. The van der Waals surface area contributed by atoms with Gasteiger partial charge in [0.25, 0.3) is 0 Å². The first-order chi connectivity index (χ1) is 19.8. The zero-order valence-electron chi connectivity index (χ0n) is 22.5. The number of benzene rings is 4. The number of hydrogen-bond donors (Lipinski definition) is 2. The summed E-state index contributed by atoms with van der Waals surface area (Å²) in [6.07, 6.45) is 0.434. The highest BCUT2D eigenvalue weighted by atomic mass is 32.1. The van der Waals surface area contributed by atoms with Crippen LogP contribution in [0.15, 0.2) is 109 Å². The summed E-state index contributed by atoms with van der Waals surface area (Å²) >= 11 is 1.66. The number of aliphatic hydroxyl groups is 1. The smallest absolute Gasteiger partial charge is 0.340 e. The van der Waals surface area contributed by atoms with E-state index < -0.39 is 11.6 Å². The van der Waals surface area contributed by atoms with Crippen molar-refractivity contribution in [3.05, 3.63) is 142 Å². The predicted octanol–water partition coefficient (Wildman–Crippen LogP) is 6.49. The minimum absolute atomic E-state index is 0.0511. The minimum atomic E-state index is -2.30. The average molecular weight is 564 g/mol. The van der Waals surface area contributed by atoms with Gasteiger partial charge in [-0.25, -0.2) is 9.78 Å². The number of aryl methyl sites for hydroxylation is 1. The molecular weight excluding hydrogens is 534 g/mol. The van der Waals surface area contributed by atoms with E-state index in [9.17, 15) is 19.8 Å². The molecule has 1 aromatic heterocycles. The van der Waals surface area contributed by atoms with Crippen molar-refractivity contribution >= 4 is 23.1 Å². The molecule has 0 unspecified atom stereocenters. The summed E-state index contributed by atoms with van der Waals surface area (Å²) in [5.41, 5.74) is 0.997. The molecule has 7 heteroatoms. The van der Waals surface area contributed by atoms with Gasteiger partial charge < -0.3 is 14.9 Å². The van der Waals surface area contributed by atoms with Gasteiger partial charge in [0.05, 0.1) is 12.3 Å². The quantitative estimate of drug-likeness (QED) is 0.179. The Morgan fingerprint density at radius 3 is 2.17 bits per heavy atom. The lowest BCUT2D eigenvalue weighted by atomic mass is 9.82. The Morgan fingerprint density at radius 2 is 1.49 bits per heavy atom. The molecule has 2 N–H and O–H groups in total. The normalized spacial score (nSPS) is 12.4. The van der Waals surface area contributed by atoms with E-state index in [0.29, 0.717) is 29.9 Å². The Balaban J connectivity index is 1.27. The van der Waals surface area contributed by atoms with Crippen molar-refractivity contribution in [2.75, 3.05) is 6.61 Å². The minimum Gasteiger partial charge on any atom is -0.493 e. The van der Waals surface area contributed by atoms with Crippen molar-refractivity contribution in [2.24, 2.45) is 0 Å². The number of ketones is 1. The van der Waals surface area contributed by atoms with E-state index in [4.69, 9.17) is 9.72 Å². The average Bonchev–Trinajstić information content (AvgIpc) is 3.38. The number of carboxylic acids is 1. The van der Waals surface area contributed by atoms with Gasteiger partial charge in [0.2, 0.25) is 0 Å². The van der Waals surface area contributed by atoms with Crippen molar-refractivity contribution in [3.63, 3.8) is 0 Å². The lowest BCUT2D eigenvalue weighted by molar-refractivity contribution is -0.159. The monoisotopic (exact) mass is 563 g/mol. The lowest BCUT2D eigenvalue weighted by Gasteiger charge is -2.26. The molecule has 0 fully saturated rings. The highest BCUT2D eigenvalue weighted by molar-refractivity contribution is 7.15. The number of ether oxygens (including phenoxy) is 1. The lowest BCUT2D eigenvalue weighted by Crippen LogP contribution is -2.39. The molecule has 6 nitrogen and oxygen atoms in total. The Hall–Kier alpha value is -4.59. The fraction of sp³-hybridized carbons (Fsp3) is 0.147. The standard InChI is InChI=1S/C34H29NO5S/c1-23-30(35-32(41-23)26-12-6-3-7-13-26)20-21-40-27-18-16-24(17-19-27)22-34(39,33(37)38)29-15-9-8-14-28(29)31(36)25-10-4-2-5-11-25/h2-19,39H,20-22H2,1H3,(H,37,38)/t34-/m0/s1. The van der Waals surface area contributed by atoms with Gasteiger partial charge in [-0.2, -0.15) is 0 Å². The Bertz CT molecular complexity index is 1650. The third-order valence-corrected chi connectivity index (χ3v) is 7.97. The summed E-state index contributed by atoms with van der Waals surface area (Å²) in [6, 6.07) is 31.9. The zero-order chi connectivity index (χ0) is 28.8. The maximum atomic E-state index is 13.2. The Morgan fingerprint density at radius 1 is 0.854 bits per heavy atom. The second kappa shape index (κ2) is 12.3. The van der Waals surface area contributed by atoms with E-state index in [1.54, 1.807) is 84.1 Å². The molecule has 4 aromatic carbocycles. The molecule has 0 aliphatic carbocycles. The first-order valence-electron chi connectivity index (χ1n) is 13.2. The van der Waals surface area contributed by atoms with Crippen LogP contribution in [0.25, 0.3) is 10.6 Å². The van der Waals surface area contributed by atoms with Crippen LogP contribution < -0.4 is 4.74 Å². The summed E-state index contributed by atoms with van der Waals surface area (Å²) in [5.74, 6) is -1.15. The second-order valence-electron chi connectivity index (χ2n) is 9.71. The summed E-state index contributed by atoms with van der Waals surface area (Å²) in [6.45, 7) is 2.50. The molecule has 5 rings (SSSR count). The van der Waals surface area contributed by atoms with E-state index in [1.807, 2.05) is 30.3 Å². The molecule has 0 aliphatic rings.